The molecule has 1 fully saturated rings. The van der Waals surface area contributed by atoms with Crippen LogP contribution in [0.5, 0.6) is 0 Å². The van der Waals surface area contributed by atoms with Gasteiger partial charge in [-0.2, -0.15) is 0 Å². The summed E-state index contributed by atoms with van der Waals surface area (Å²) in [6.45, 7) is 2.72. The molecule has 2 N–H and O–H groups in total. The summed E-state index contributed by atoms with van der Waals surface area (Å²) < 4.78 is 5.25. The average molecular weight is 366 g/mol. The fourth-order valence-electron chi connectivity index (χ4n) is 2.67. The van der Waals surface area contributed by atoms with Crippen LogP contribution in [0.2, 0.25) is 0 Å². The van der Waals surface area contributed by atoms with Crippen LogP contribution >= 0.6 is 22.7 Å². The lowest BCUT2D eigenvalue weighted by atomic mass is 9.80. The maximum Gasteiger partial charge on any atom is 0.311 e. The molecule has 1 amide bonds. The van der Waals surface area contributed by atoms with Crippen LogP contribution in [-0.4, -0.2) is 41.7 Å². The number of carboxylic acid groups (broad SMARTS) is 1. The van der Waals surface area contributed by atoms with E-state index in [1.807, 2.05) is 17.5 Å². The van der Waals surface area contributed by atoms with Crippen molar-refractivity contribution in [3.8, 4) is 9.88 Å². The van der Waals surface area contributed by atoms with Gasteiger partial charge in [0.25, 0.3) is 5.91 Å². The molecule has 2 aromatic heterocycles. The molecule has 128 valence electrons. The largest absolute Gasteiger partial charge is 0.481 e. The summed E-state index contributed by atoms with van der Waals surface area (Å²) >= 11 is 2.91. The number of nitrogens with zero attached hydrogens (tertiary/aromatic N) is 1. The zero-order valence-corrected chi connectivity index (χ0v) is 14.8. The van der Waals surface area contributed by atoms with Crippen molar-refractivity contribution >= 4 is 34.6 Å². The van der Waals surface area contributed by atoms with Crippen LogP contribution in [0.25, 0.3) is 9.88 Å². The minimum atomic E-state index is -0.941. The van der Waals surface area contributed by atoms with Crippen LogP contribution < -0.4 is 5.32 Å². The quantitative estimate of drug-likeness (QED) is 0.849. The van der Waals surface area contributed by atoms with Crippen molar-refractivity contribution in [1.29, 1.82) is 0 Å². The summed E-state index contributed by atoms with van der Waals surface area (Å²) in [7, 11) is 0. The summed E-state index contributed by atoms with van der Waals surface area (Å²) in [5, 5.41) is 15.1. The Labute approximate surface area is 147 Å². The standard InChI is InChI=1S/C16H18N2O4S2/c1-10-12(24-14(18-10)11-3-2-8-23-11)13(19)17-9-16(15(20)21)4-6-22-7-5-16/h2-3,8H,4-7,9H2,1H3,(H,17,19)(H,20,21). The second-order valence-corrected chi connectivity index (χ2v) is 7.74. The smallest absolute Gasteiger partial charge is 0.311 e. The third kappa shape index (κ3) is 3.35. The molecule has 0 spiro atoms. The maximum absolute atomic E-state index is 12.5. The Kier molecular flexibility index (Phi) is 4.98. The van der Waals surface area contributed by atoms with Crippen LogP contribution in [0.1, 0.15) is 28.2 Å². The van der Waals surface area contributed by atoms with E-state index in [-0.39, 0.29) is 12.5 Å². The number of carbonyl (C=O) groups is 2. The number of carbonyl (C=O) groups excluding carboxylic acids is 1. The summed E-state index contributed by atoms with van der Waals surface area (Å²) in [6.07, 6.45) is 0.815. The van der Waals surface area contributed by atoms with E-state index in [0.29, 0.717) is 36.6 Å². The van der Waals surface area contributed by atoms with E-state index >= 15 is 0 Å². The van der Waals surface area contributed by atoms with Gasteiger partial charge in [0.15, 0.2) is 0 Å². The molecule has 1 aliphatic rings. The third-order valence-electron chi connectivity index (χ3n) is 4.23. The van der Waals surface area contributed by atoms with Crippen LogP contribution in [0.4, 0.5) is 0 Å². The van der Waals surface area contributed by atoms with E-state index in [0.717, 1.165) is 9.88 Å². The molecule has 0 aliphatic carbocycles. The molecule has 8 heteroatoms. The molecule has 0 bridgehead atoms. The fraction of sp³-hybridized carbons (Fsp3) is 0.438. The van der Waals surface area contributed by atoms with Gasteiger partial charge >= 0.3 is 5.97 Å². The Morgan fingerprint density at radius 3 is 2.79 bits per heavy atom. The van der Waals surface area contributed by atoms with Gasteiger partial charge in [0.05, 0.1) is 16.0 Å². The highest BCUT2D eigenvalue weighted by Crippen LogP contribution is 2.32. The molecule has 0 aromatic carbocycles. The van der Waals surface area contributed by atoms with E-state index in [4.69, 9.17) is 4.74 Å². The Balaban J connectivity index is 1.72. The van der Waals surface area contributed by atoms with Crippen molar-refractivity contribution in [1.82, 2.24) is 10.3 Å². The van der Waals surface area contributed by atoms with E-state index in [9.17, 15) is 14.7 Å². The molecule has 1 aliphatic heterocycles. The van der Waals surface area contributed by atoms with Crippen LogP contribution in [0.15, 0.2) is 17.5 Å². The van der Waals surface area contributed by atoms with Gasteiger partial charge in [-0.3, -0.25) is 9.59 Å². The number of amides is 1. The van der Waals surface area contributed by atoms with E-state index in [1.54, 1.807) is 18.3 Å². The fourth-order valence-corrected chi connectivity index (χ4v) is 4.45. The first-order chi connectivity index (χ1) is 11.5. The van der Waals surface area contributed by atoms with Gasteiger partial charge in [-0.15, -0.1) is 22.7 Å². The molecule has 6 nitrogen and oxygen atoms in total. The second-order valence-electron chi connectivity index (χ2n) is 5.79. The number of thiazole rings is 1. The number of carboxylic acids is 1. The molecule has 0 saturated carbocycles. The minimum Gasteiger partial charge on any atom is -0.481 e. The molecule has 2 aromatic rings. The van der Waals surface area contributed by atoms with Crippen molar-refractivity contribution in [2.75, 3.05) is 19.8 Å². The summed E-state index contributed by atoms with van der Waals surface area (Å²) in [5.41, 5.74) is -0.277. The van der Waals surface area contributed by atoms with Crippen molar-refractivity contribution in [3.63, 3.8) is 0 Å². The predicted octanol–water partition coefficient (Wildman–Crippen LogP) is 2.79. The third-order valence-corrected chi connectivity index (χ3v) is 6.42. The number of thiophene rings is 1. The molecular formula is C16H18N2O4S2. The second kappa shape index (κ2) is 7.00. The first-order valence-corrected chi connectivity index (χ1v) is 9.32. The topological polar surface area (TPSA) is 88.5 Å². The molecule has 0 unspecified atom stereocenters. The average Bonchev–Trinajstić information content (AvgIpc) is 3.22. The zero-order chi connectivity index (χ0) is 17.2. The Bertz CT molecular complexity index is 733. The van der Waals surface area contributed by atoms with Gasteiger partial charge in [-0.25, -0.2) is 4.98 Å². The number of hydrogen-bond acceptors (Lipinski definition) is 6. The number of aromatic nitrogens is 1. The summed E-state index contributed by atoms with van der Waals surface area (Å²) in [6, 6.07) is 3.91. The molecule has 1 saturated heterocycles. The highest BCUT2D eigenvalue weighted by molar-refractivity contribution is 7.22. The Morgan fingerprint density at radius 2 is 2.17 bits per heavy atom. The number of hydrogen-bond donors (Lipinski definition) is 2. The summed E-state index contributed by atoms with van der Waals surface area (Å²) in [5.74, 6) is -1.15. The molecule has 3 heterocycles. The van der Waals surface area contributed by atoms with Gasteiger partial charge in [-0.1, -0.05) is 6.07 Å². The van der Waals surface area contributed by atoms with Crippen LogP contribution in [-0.2, 0) is 9.53 Å². The van der Waals surface area contributed by atoms with Gasteiger partial charge in [0, 0.05) is 19.8 Å². The van der Waals surface area contributed by atoms with Gasteiger partial charge < -0.3 is 15.2 Å². The Morgan fingerprint density at radius 1 is 1.42 bits per heavy atom. The van der Waals surface area contributed by atoms with Gasteiger partial charge in [-0.05, 0) is 31.2 Å². The first kappa shape index (κ1) is 17.1. The maximum atomic E-state index is 12.5. The lowest BCUT2D eigenvalue weighted by Crippen LogP contribution is -2.46. The monoisotopic (exact) mass is 366 g/mol. The Hall–Kier alpha value is -1.77. The number of nitrogens with one attached hydrogen (secondary N) is 1. The van der Waals surface area contributed by atoms with Crippen LogP contribution in [0.3, 0.4) is 0 Å². The zero-order valence-electron chi connectivity index (χ0n) is 13.2. The molecule has 24 heavy (non-hydrogen) atoms. The lowest BCUT2D eigenvalue weighted by Gasteiger charge is -2.33. The minimum absolute atomic E-state index is 0.107. The van der Waals surface area contributed by atoms with Crippen molar-refractivity contribution in [3.05, 3.63) is 28.1 Å². The number of aliphatic carboxylic acids is 1. The predicted molar refractivity (Wildman–Crippen MR) is 92.6 cm³/mol. The van der Waals surface area contributed by atoms with Crippen molar-refractivity contribution in [2.24, 2.45) is 5.41 Å². The normalized spacial score (nSPS) is 16.7. The highest BCUT2D eigenvalue weighted by atomic mass is 32.1. The van der Waals surface area contributed by atoms with Gasteiger partial charge in [0.2, 0.25) is 0 Å². The molecule has 0 atom stereocenters. The van der Waals surface area contributed by atoms with Gasteiger partial charge in [0.1, 0.15) is 9.88 Å². The number of rotatable bonds is 5. The molecule has 0 radical (unpaired) electrons. The first-order valence-electron chi connectivity index (χ1n) is 7.62. The SMILES string of the molecule is Cc1nc(-c2cccs2)sc1C(=O)NCC1(C(=O)O)CCOCC1. The summed E-state index contributed by atoms with van der Waals surface area (Å²) in [4.78, 5) is 30.1. The molecular weight excluding hydrogens is 348 g/mol. The van der Waals surface area contributed by atoms with Crippen molar-refractivity contribution < 1.29 is 19.4 Å². The van der Waals surface area contributed by atoms with E-state index in [2.05, 4.69) is 10.3 Å². The number of aryl methyl sites for hydroxylation is 1. The highest BCUT2D eigenvalue weighted by Gasteiger charge is 2.40. The molecule has 3 rings (SSSR count). The van der Waals surface area contributed by atoms with E-state index < -0.39 is 11.4 Å². The lowest BCUT2D eigenvalue weighted by molar-refractivity contribution is -0.154. The van der Waals surface area contributed by atoms with E-state index in [1.165, 1.54) is 11.3 Å². The van der Waals surface area contributed by atoms with Crippen molar-refractivity contribution in [2.45, 2.75) is 19.8 Å². The van der Waals surface area contributed by atoms with Crippen LogP contribution in [0, 0.1) is 12.3 Å². The number of ether oxygens (including phenoxy) is 1.